The second kappa shape index (κ2) is 7.37. The average Bonchev–Trinajstić information content (AvgIpc) is 2.66. The first-order valence-electron chi connectivity index (χ1n) is 8.97. The molecule has 6 nitrogen and oxygen atoms in total. The number of nitrogens with zero attached hydrogens (tertiary/aromatic N) is 5. The van der Waals surface area contributed by atoms with Crippen LogP contribution in [0.3, 0.4) is 0 Å². The van der Waals surface area contributed by atoms with Gasteiger partial charge in [0.15, 0.2) is 11.5 Å². The molecule has 1 aliphatic heterocycles. The molecule has 0 spiro atoms. The van der Waals surface area contributed by atoms with Crippen LogP contribution in [0.2, 0.25) is 0 Å². The highest BCUT2D eigenvalue weighted by Crippen LogP contribution is 2.32. The minimum absolute atomic E-state index is 0.000391. The number of rotatable bonds is 2. The van der Waals surface area contributed by atoms with Gasteiger partial charge in [-0.15, -0.1) is 0 Å². The molecule has 0 unspecified atom stereocenters. The van der Waals surface area contributed by atoms with Crippen LogP contribution in [0.15, 0.2) is 30.6 Å². The number of hydrogen-bond donors (Lipinski definition) is 0. The van der Waals surface area contributed by atoms with Crippen LogP contribution in [0.5, 0.6) is 0 Å². The summed E-state index contributed by atoms with van der Waals surface area (Å²) in [4.78, 5) is 27.8. The first-order chi connectivity index (χ1) is 13.1. The number of hydrogen-bond acceptors (Lipinski definition) is 5. The van der Waals surface area contributed by atoms with Crippen LogP contribution in [-0.4, -0.2) is 51.9 Å². The third-order valence-electron chi connectivity index (χ3n) is 4.47. The number of carbonyl (C=O) groups excluding carboxylic acids is 1. The average molecular weight is 393 g/mol. The molecule has 1 aliphatic rings. The molecule has 3 heterocycles. The molecule has 0 saturated carbocycles. The molecule has 0 aromatic carbocycles. The van der Waals surface area contributed by atoms with Crippen LogP contribution in [0.4, 0.5) is 19.0 Å². The van der Waals surface area contributed by atoms with Crippen molar-refractivity contribution in [1.82, 2.24) is 19.9 Å². The first-order valence-corrected chi connectivity index (χ1v) is 8.97. The highest BCUT2D eigenvalue weighted by molar-refractivity contribution is 5.81. The second-order valence-electron chi connectivity index (χ2n) is 7.70. The van der Waals surface area contributed by atoms with Crippen LogP contribution in [-0.2, 0) is 11.0 Å². The van der Waals surface area contributed by atoms with Crippen molar-refractivity contribution in [2.45, 2.75) is 26.9 Å². The molecule has 28 heavy (non-hydrogen) atoms. The molecule has 150 valence electrons. The summed E-state index contributed by atoms with van der Waals surface area (Å²) in [5, 5.41) is 0. The molecular weight excluding hydrogens is 371 g/mol. The molecule has 1 saturated heterocycles. The number of alkyl halides is 3. The zero-order valence-corrected chi connectivity index (χ0v) is 16.0. The van der Waals surface area contributed by atoms with Crippen molar-refractivity contribution in [1.29, 1.82) is 0 Å². The van der Waals surface area contributed by atoms with Crippen LogP contribution in [0.25, 0.3) is 11.4 Å². The van der Waals surface area contributed by atoms with Crippen molar-refractivity contribution >= 4 is 11.7 Å². The Hall–Kier alpha value is -2.71. The maximum atomic E-state index is 13.4. The molecular formula is C19H22F3N5O. The fraction of sp³-hybridized carbons (Fsp3) is 0.474. The number of anilines is 1. The summed E-state index contributed by atoms with van der Waals surface area (Å²) >= 11 is 0. The van der Waals surface area contributed by atoms with Crippen LogP contribution >= 0.6 is 0 Å². The SMILES string of the molecule is CC(C)(C)C(=O)N1CCN(c2cc(C(F)(F)F)nc(-c3ccncc3)n2)CC1. The van der Waals surface area contributed by atoms with Gasteiger partial charge in [-0.1, -0.05) is 20.8 Å². The van der Waals surface area contributed by atoms with Crippen LogP contribution < -0.4 is 4.90 Å². The summed E-state index contributed by atoms with van der Waals surface area (Å²) < 4.78 is 40.1. The standard InChI is InChI=1S/C19H22F3N5O/c1-18(2,3)17(28)27-10-8-26(9-11-27)15-12-14(19(20,21)22)24-16(25-15)13-4-6-23-7-5-13/h4-7,12H,8-11H2,1-3H3. The molecule has 1 fully saturated rings. The van der Waals surface area contributed by atoms with E-state index in [1.165, 1.54) is 12.4 Å². The molecule has 9 heteroatoms. The number of piperazine rings is 1. The molecule has 3 rings (SSSR count). The lowest BCUT2D eigenvalue weighted by atomic mass is 9.94. The van der Waals surface area contributed by atoms with Gasteiger partial charge in [-0.3, -0.25) is 9.78 Å². The number of amides is 1. The third-order valence-corrected chi connectivity index (χ3v) is 4.47. The Morgan fingerprint density at radius 3 is 2.14 bits per heavy atom. The fourth-order valence-electron chi connectivity index (χ4n) is 2.98. The van der Waals surface area contributed by atoms with Crippen molar-refractivity contribution < 1.29 is 18.0 Å². The maximum Gasteiger partial charge on any atom is 0.433 e. The van der Waals surface area contributed by atoms with Gasteiger partial charge in [-0.25, -0.2) is 9.97 Å². The van der Waals surface area contributed by atoms with E-state index in [1.807, 2.05) is 20.8 Å². The number of pyridine rings is 1. The van der Waals surface area contributed by atoms with Gasteiger partial charge in [0.1, 0.15) is 5.82 Å². The van der Waals surface area contributed by atoms with Gasteiger partial charge in [0.25, 0.3) is 0 Å². The van der Waals surface area contributed by atoms with Gasteiger partial charge in [0.2, 0.25) is 5.91 Å². The van der Waals surface area contributed by atoms with Crippen molar-refractivity contribution in [2.24, 2.45) is 5.41 Å². The van der Waals surface area contributed by atoms with E-state index in [1.54, 1.807) is 21.9 Å². The summed E-state index contributed by atoms with van der Waals surface area (Å²) in [7, 11) is 0. The van der Waals surface area contributed by atoms with Crippen molar-refractivity contribution in [3.8, 4) is 11.4 Å². The molecule has 0 N–H and O–H groups in total. The highest BCUT2D eigenvalue weighted by Gasteiger charge is 2.35. The van der Waals surface area contributed by atoms with Crippen molar-refractivity contribution in [3.63, 3.8) is 0 Å². The Morgan fingerprint density at radius 1 is 1.00 bits per heavy atom. The van der Waals surface area contributed by atoms with Crippen LogP contribution in [0.1, 0.15) is 26.5 Å². The summed E-state index contributed by atoms with van der Waals surface area (Å²) in [6.07, 6.45) is -1.62. The van der Waals surface area contributed by atoms with Gasteiger partial charge in [0, 0.05) is 55.6 Å². The lowest BCUT2D eigenvalue weighted by Gasteiger charge is -2.38. The predicted molar refractivity (Wildman–Crippen MR) is 98.5 cm³/mol. The van der Waals surface area contributed by atoms with Crippen molar-refractivity contribution in [3.05, 3.63) is 36.3 Å². The van der Waals surface area contributed by atoms with E-state index in [-0.39, 0.29) is 17.5 Å². The van der Waals surface area contributed by atoms with E-state index in [2.05, 4.69) is 15.0 Å². The zero-order valence-electron chi connectivity index (χ0n) is 16.0. The Bertz CT molecular complexity index is 841. The monoisotopic (exact) mass is 393 g/mol. The Labute approximate surface area is 161 Å². The number of aromatic nitrogens is 3. The summed E-state index contributed by atoms with van der Waals surface area (Å²) in [6.45, 7) is 7.24. The van der Waals surface area contributed by atoms with Gasteiger partial charge in [-0.05, 0) is 12.1 Å². The lowest BCUT2D eigenvalue weighted by molar-refractivity contribution is -0.141. The number of halogens is 3. The normalized spacial score (nSPS) is 15.6. The second-order valence-corrected chi connectivity index (χ2v) is 7.70. The zero-order chi connectivity index (χ0) is 20.5. The van der Waals surface area contributed by atoms with Gasteiger partial charge in [0.05, 0.1) is 0 Å². The highest BCUT2D eigenvalue weighted by atomic mass is 19.4. The third kappa shape index (κ3) is 4.40. The summed E-state index contributed by atoms with van der Waals surface area (Å²) in [5.41, 5.74) is -1.02. The van der Waals surface area contributed by atoms with E-state index in [9.17, 15) is 18.0 Å². The topological polar surface area (TPSA) is 62.2 Å². The van der Waals surface area contributed by atoms with Crippen LogP contribution in [0, 0.1) is 5.41 Å². The molecule has 0 atom stereocenters. The Kier molecular flexibility index (Phi) is 5.27. The maximum absolute atomic E-state index is 13.4. The van der Waals surface area contributed by atoms with E-state index in [0.29, 0.717) is 31.7 Å². The molecule has 0 bridgehead atoms. The summed E-state index contributed by atoms with van der Waals surface area (Å²) in [5.74, 6) is 0.237. The molecule has 2 aromatic heterocycles. The Balaban J connectivity index is 1.87. The van der Waals surface area contributed by atoms with Gasteiger partial charge >= 0.3 is 6.18 Å². The minimum atomic E-state index is -4.58. The summed E-state index contributed by atoms with van der Waals surface area (Å²) in [6, 6.07) is 4.10. The Morgan fingerprint density at radius 2 is 1.61 bits per heavy atom. The largest absolute Gasteiger partial charge is 0.433 e. The number of carbonyl (C=O) groups is 1. The van der Waals surface area contributed by atoms with Gasteiger partial charge in [-0.2, -0.15) is 13.2 Å². The molecule has 1 amide bonds. The van der Waals surface area contributed by atoms with E-state index < -0.39 is 17.3 Å². The van der Waals surface area contributed by atoms with E-state index in [0.717, 1.165) is 6.07 Å². The van der Waals surface area contributed by atoms with Crippen molar-refractivity contribution in [2.75, 3.05) is 31.1 Å². The fourth-order valence-corrected chi connectivity index (χ4v) is 2.98. The predicted octanol–water partition coefficient (Wildman–Crippen LogP) is 3.25. The molecule has 0 radical (unpaired) electrons. The molecule has 0 aliphatic carbocycles. The van der Waals surface area contributed by atoms with Gasteiger partial charge < -0.3 is 9.80 Å². The minimum Gasteiger partial charge on any atom is -0.353 e. The lowest BCUT2D eigenvalue weighted by Crippen LogP contribution is -2.52. The quantitative estimate of drug-likeness (QED) is 0.784. The van der Waals surface area contributed by atoms with E-state index >= 15 is 0 Å². The molecule has 2 aromatic rings. The smallest absolute Gasteiger partial charge is 0.353 e. The first kappa shape index (κ1) is 20.0. The van der Waals surface area contributed by atoms with E-state index in [4.69, 9.17) is 0 Å².